The number of nitrogens with zero attached hydrogens (tertiary/aromatic N) is 1. The van der Waals surface area contributed by atoms with Crippen LogP contribution in [-0.2, 0) is 19.1 Å². The van der Waals surface area contributed by atoms with Crippen LogP contribution in [0.5, 0.6) is 0 Å². The topological polar surface area (TPSA) is 191 Å². The van der Waals surface area contributed by atoms with E-state index in [2.05, 4.69) is 6.92 Å². The van der Waals surface area contributed by atoms with Crippen molar-refractivity contribution in [3.05, 3.63) is 0 Å². The Morgan fingerprint density at radius 2 is 1.15 bits per heavy atom. The number of carbonyl (C=O) groups is 3. The molecule has 0 aliphatic heterocycles. The summed E-state index contributed by atoms with van der Waals surface area (Å²) in [5, 5.41) is 42.4. The van der Waals surface area contributed by atoms with Crippen molar-refractivity contribution in [2.75, 3.05) is 32.9 Å². The summed E-state index contributed by atoms with van der Waals surface area (Å²) >= 11 is 0. The first-order valence-corrected chi connectivity index (χ1v) is 18.6. The highest BCUT2D eigenvalue weighted by Crippen LogP contribution is 2.18. The Labute approximate surface area is 285 Å². The summed E-state index contributed by atoms with van der Waals surface area (Å²) in [5.41, 5.74) is 5.70. The van der Waals surface area contributed by atoms with E-state index in [0.717, 1.165) is 89.9 Å². The van der Waals surface area contributed by atoms with Gasteiger partial charge in [-0.05, 0) is 52.0 Å². The van der Waals surface area contributed by atoms with Crippen LogP contribution in [0.15, 0.2) is 0 Å². The molecule has 0 aliphatic carbocycles. The molecule has 1 unspecified atom stereocenters. The first-order valence-electron chi connectivity index (χ1n) is 18.6. The van der Waals surface area contributed by atoms with E-state index in [1.165, 1.54) is 38.5 Å². The van der Waals surface area contributed by atoms with Crippen LogP contribution in [-0.4, -0.2) is 99.4 Å². The molecule has 0 rings (SSSR count). The van der Waals surface area contributed by atoms with Crippen molar-refractivity contribution in [3.8, 4) is 0 Å². The smallest absolute Gasteiger partial charge is 0.328 e. The summed E-state index contributed by atoms with van der Waals surface area (Å²) < 4.78 is 5.39. The summed E-state index contributed by atoms with van der Waals surface area (Å²) in [4.78, 5) is 38.8. The standard InChI is InChI=1S/C33H64N2O6.C3H8O3/c1-3-4-5-6-7-9-12-15-18-24-31(37)35(30(23-20-21-26-34)33(40)41-28-29(2)36)27-22-17-14-11-8-10-13-16-19-25-32(38)39;4-1-3(6)2-5/h29-30,36H,3-28,34H2,1-2H3,(H,38,39);3-6H,1-2H2/t29?,30-;/m0./s1. The lowest BCUT2D eigenvalue weighted by molar-refractivity contribution is -0.158. The van der Waals surface area contributed by atoms with Crippen molar-refractivity contribution in [3.63, 3.8) is 0 Å². The lowest BCUT2D eigenvalue weighted by Crippen LogP contribution is -2.46. The van der Waals surface area contributed by atoms with Gasteiger partial charge < -0.3 is 40.9 Å². The second-order valence-electron chi connectivity index (χ2n) is 12.8. The molecule has 47 heavy (non-hydrogen) atoms. The maximum atomic E-state index is 13.4. The van der Waals surface area contributed by atoms with Gasteiger partial charge in [0.05, 0.1) is 19.3 Å². The third-order valence-electron chi connectivity index (χ3n) is 8.07. The van der Waals surface area contributed by atoms with Crippen molar-refractivity contribution in [1.29, 1.82) is 0 Å². The number of aliphatic carboxylic acids is 1. The molecule has 11 heteroatoms. The number of hydrogen-bond donors (Lipinski definition) is 6. The molecule has 0 aromatic rings. The Balaban J connectivity index is 0. The van der Waals surface area contributed by atoms with Gasteiger partial charge in [-0.1, -0.05) is 103 Å². The molecule has 1 amide bonds. The summed E-state index contributed by atoms with van der Waals surface area (Å²) in [6.45, 7) is 4.10. The maximum Gasteiger partial charge on any atom is 0.328 e. The molecule has 0 saturated heterocycles. The van der Waals surface area contributed by atoms with Crippen LogP contribution in [0.25, 0.3) is 0 Å². The van der Waals surface area contributed by atoms with Crippen LogP contribution < -0.4 is 5.73 Å². The van der Waals surface area contributed by atoms with Crippen molar-refractivity contribution in [2.24, 2.45) is 5.73 Å². The van der Waals surface area contributed by atoms with Gasteiger partial charge in [-0.3, -0.25) is 9.59 Å². The van der Waals surface area contributed by atoms with Crippen molar-refractivity contribution >= 4 is 17.8 Å². The van der Waals surface area contributed by atoms with Crippen LogP contribution >= 0.6 is 0 Å². The van der Waals surface area contributed by atoms with Crippen LogP contribution in [0, 0.1) is 0 Å². The second-order valence-corrected chi connectivity index (χ2v) is 12.8. The van der Waals surface area contributed by atoms with Crippen LogP contribution in [0.3, 0.4) is 0 Å². The minimum Gasteiger partial charge on any atom is -0.481 e. The fraction of sp³-hybridized carbons (Fsp3) is 0.917. The molecule has 7 N–H and O–H groups in total. The number of nitrogens with two attached hydrogens (primary N) is 1. The summed E-state index contributed by atoms with van der Waals surface area (Å²) in [5.74, 6) is -1.11. The van der Waals surface area contributed by atoms with Crippen LogP contribution in [0.2, 0.25) is 0 Å². The lowest BCUT2D eigenvalue weighted by Gasteiger charge is -2.31. The number of carboxylic acids is 1. The number of rotatable bonds is 32. The largest absolute Gasteiger partial charge is 0.481 e. The molecular formula is C36H72N2O9. The minimum atomic E-state index is -0.954. The van der Waals surface area contributed by atoms with Crippen molar-refractivity contribution in [2.45, 2.75) is 180 Å². The van der Waals surface area contributed by atoms with Gasteiger partial charge in [-0.25, -0.2) is 4.79 Å². The van der Waals surface area contributed by atoms with E-state index in [1.807, 2.05) is 0 Å². The molecule has 0 aromatic carbocycles. The summed E-state index contributed by atoms with van der Waals surface area (Å²) in [6.07, 6.45) is 20.9. The predicted molar refractivity (Wildman–Crippen MR) is 187 cm³/mol. The van der Waals surface area contributed by atoms with E-state index in [1.54, 1.807) is 11.8 Å². The molecule has 11 nitrogen and oxygen atoms in total. The number of aliphatic hydroxyl groups excluding tert-OH is 4. The Kier molecular flexibility index (Phi) is 35.8. The highest BCUT2D eigenvalue weighted by Gasteiger charge is 2.30. The first-order chi connectivity index (χ1) is 22.6. The molecular weight excluding hydrogens is 604 g/mol. The molecule has 0 fully saturated rings. The fourth-order valence-electron chi connectivity index (χ4n) is 5.22. The minimum absolute atomic E-state index is 0.0288. The third-order valence-corrected chi connectivity index (χ3v) is 8.07. The van der Waals surface area contributed by atoms with Gasteiger partial charge in [0, 0.05) is 19.4 Å². The number of ether oxygens (including phenoxy) is 1. The number of aliphatic hydroxyl groups is 4. The van der Waals surface area contributed by atoms with Gasteiger partial charge in [0.1, 0.15) is 18.8 Å². The van der Waals surface area contributed by atoms with Crippen molar-refractivity contribution < 1.29 is 44.7 Å². The molecule has 2 atom stereocenters. The fourth-order valence-corrected chi connectivity index (χ4v) is 5.22. The maximum absolute atomic E-state index is 13.4. The van der Waals surface area contributed by atoms with Gasteiger partial charge in [0.25, 0.3) is 0 Å². The SMILES string of the molecule is CCCCCCCCCCCC(=O)N(CCCCCCCCCCCC(=O)O)[C@@H](CCCCN)C(=O)OCC(C)O.OCC(O)CO. The van der Waals surface area contributed by atoms with Crippen LogP contribution in [0.1, 0.15) is 162 Å². The van der Waals surface area contributed by atoms with E-state index in [0.29, 0.717) is 25.9 Å². The predicted octanol–water partition coefficient (Wildman–Crippen LogP) is 5.48. The quantitative estimate of drug-likeness (QED) is 0.0393. The van der Waals surface area contributed by atoms with E-state index >= 15 is 0 Å². The Hall–Kier alpha value is -1.79. The van der Waals surface area contributed by atoms with Gasteiger partial charge in [0.15, 0.2) is 0 Å². The van der Waals surface area contributed by atoms with E-state index in [9.17, 15) is 19.5 Å². The van der Waals surface area contributed by atoms with Gasteiger partial charge in [-0.15, -0.1) is 0 Å². The Morgan fingerprint density at radius 1 is 0.681 bits per heavy atom. The Morgan fingerprint density at radius 3 is 1.57 bits per heavy atom. The zero-order valence-corrected chi connectivity index (χ0v) is 29.9. The molecule has 0 saturated carbocycles. The second kappa shape index (κ2) is 35.5. The van der Waals surface area contributed by atoms with Crippen LogP contribution in [0.4, 0.5) is 0 Å². The van der Waals surface area contributed by atoms with Crippen molar-refractivity contribution in [1.82, 2.24) is 4.90 Å². The molecule has 280 valence electrons. The van der Waals surface area contributed by atoms with E-state index in [-0.39, 0.29) is 32.1 Å². The zero-order valence-electron chi connectivity index (χ0n) is 29.9. The number of esters is 1. The van der Waals surface area contributed by atoms with Gasteiger partial charge in [-0.2, -0.15) is 0 Å². The average Bonchev–Trinajstić information content (AvgIpc) is 3.05. The highest BCUT2D eigenvalue weighted by molar-refractivity contribution is 5.84. The Bertz CT molecular complexity index is 721. The average molecular weight is 677 g/mol. The summed E-state index contributed by atoms with van der Waals surface area (Å²) in [7, 11) is 0. The monoisotopic (exact) mass is 677 g/mol. The molecule has 0 bridgehead atoms. The lowest BCUT2D eigenvalue weighted by atomic mass is 10.0. The summed E-state index contributed by atoms with van der Waals surface area (Å²) in [6, 6.07) is -0.628. The zero-order chi connectivity index (χ0) is 35.5. The van der Waals surface area contributed by atoms with Gasteiger partial charge in [0.2, 0.25) is 5.91 Å². The van der Waals surface area contributed by atoms with E-state index in [4.69, 9.17) is 30.9 Å². The molecule has 0 aliphatic rings. The molecule has 0 radical (unpaired) electrons. The number of carbonyl (C=O) groups excluding carboxylic acids is 2. The molecule has 0 heterocycles. The normalized spacial score (nSPS) is 12.3. The van der Waals surface area contributed by atoms with E-state index < -0.39 is 30.2 Å². The number of amides is 1. The number of unbranched alkanes of at least 4 members (excludes halogenated alkanes) is 17. The molecule has 0 aromatic heterocycles. The third kappa shape index (κ3) is 32.5. The first kappa shape index (κ1) is 47.3. The van der Waals surface area contributed by atoms with Gasteiger partial charge >= 0.3 is 11.9 Å². The molecule has 0 spiro atoms. The number of hydrogen-bond acceptors (Lipinski definition) is 9. The highest BCUT2D eigenvalue weighted by atomic mass is 16.5. The number of carboxylic acid groups (broad SMARTS) is 1.